The fraction of sp³-hybridized carbons (Fsp3) is 0.706. The minimum Gasteiger partial charge on any atom is -0.394 e. The zero-order valence-corrected chi connectivity index (χ0v) is 14.4. The summed E-state index contributed by atoms with van der Waals surface area (Å²) in [6.07, 6.45) is 2.07. The SMILES string of the molecule is OC[C@@H]1O[C@H](n2cnc3c(NC4CC5CC4[C@@H]4O[C@H]54)ncnc32)[C@@H](O)[C@H]1O. The third-order valence-electron chi connectivity index (χ3n) is 6.57. The Hall–Kier alpha value is -1.85. The summed E-state index contributed by atoms with van der Waals surface area (Å²) in [6, 6.07) is 0.316. The molecule has 27 heavy (non-hydrogen) atoms. The molecule has 2 aromatic rings. The van der Waals surface area contributed by atoms with Crippen molar-refractivity contribution in [3.63, 3.8) is 0 Å². The second-order valence-electron chi connectivity index (χ2n) is 7.99. The van der Waals surface area contributed by atoms with Gasteiger partial charge in [-0.3, -0.25) is 4.57 Å². The van der Waals surface area contributed by atoms with Crippen LogP contribution in [0.15, 0.2) is 12.7 Å². The molecular formula is C17H21N5O5. The molecule has 0 spiro atoms. The molecule has 4 fully saturated rings. The Kier molecular flexibility index (Phi) is 3.34. The molecule has 6 rings (SSSR count). The number of rotatable bonds is 4. The van der Waals surface area contributed by atoms with Gasteiger partial charge in [-0.1, -0.05) is 0 Å². The maximum absolute atomic E-state index is 10.3. The van der Waals surface area contributed by atoms with Crippen molar-refractivity contribution in [2.45, 2.75) is 55.6 Å². The van der Waals surface area contributed by atoms with Gasteiger partial charge in [-0.15, -0.1) is 0 Å². The highest BCUT2D eigenvalue weighted by Gasteiger charge is 2.63. The van der Waals surface area contributed by atoms with E-state index in [1.54, 1.807) is 4.57 Å². The van der Waals surface area contributed by atoms with E-state index < -0.39 is 24.5 Å². The number of epoxide rings is 1. The number of fused-ring (bicyclic) bond motifs is 6. The highest BCUT2D eigenvalue weighted by atomic mass is 16.6. The Bertz CT molecular complexity index is 892. The lowest BCUT2D eigenvalue weighted by atomic mass is 9.95. The Labute approximate surface area is 154 Å². The van der Waals surface area contributed by atoms with E-state index >= 15 is 0 Å². The molecule has 2 saturated carbocycles. The fourth-order valence-electron chi connectivity index (χ4n) is 5.20. The molecule has 2 bridgehead atoms. The fourth-order valence-corrected chi connectivity index (χ4v) is 5.20. The van der Waals surface area contributed by atoms with Crippen LogP contribution < -0.4 is 5.32 Å². The largest absolute Gasteiger partial charge is 0.394 e. The first-order valence-corrected chi connectivity index (χ1v) is 9.37. The number of aromatic nitrogens is 4. The highest BCUT2D eigenvalue weighted by Crippen LogP contribution is 2.56. The minimum absolute atomic E-state index is 0.316. The van der Waals surface area contributed by atoms with Crippen molar-refractivity contribution in [1.29, 1.82) is 0 Å². The van der Waals surface area contributed by atoms with Gasteiger partial charge in [0.25, 0.3) is 0 Å². The van der Waals surface area contributed by atoms with Crippen LogP contribution in [0.1, 0.15) is 19.1 Å². The maximum atomic E-state index is 10.3. The first-order chi connectivity index (χ1) is 13.2. The standard InChI is InChI=1S/C17H21N5O5/c23-3-9-11(24)12(25)17(26-9)22-5-20-10-15(18-4-19-16(10)22)21-8-2-6-1-7(8)14-13(6)27-14/h4-9,11-14,17,23-25H,1-3H2,(H,18,19,21)/t6?,7?,8?,9-,11-,12-,13+,14-,17-/m0/s1. The van der Waals surface area contributed by atoms with Crippen molar-refractivity contribution in [2.24, 2.45) is 11.8 Å². The minimum atomic E-state index is -1.18. The van der Waals surface area contributed by atoms with Crippen LogP contribution in [0.3, 0.4) is 0 Å². The number of imidazole rings is 1. The molecule has 2 aliphatic carbocycles. The van der Waals surface area contributed by atoms with Gasteiger partial charge >= 0.3 is 0 Å². The van der Waals surface area contributed by atoms with Crippen LogP contribution in [-0.4, -0.2) is 78.0 Å². The lowest BCUT2D eigenvalue weighted by Gasteiger charge is -2.21. The molecule has 0 amide bonds. The van der Waals surface area contributed by atoms with Crippen molar-refractivity contribution in [2.75, 3.05) is 11.9 Å². The monoisotopic (exact) mass is 375 g/mol. The van der Waals surface area contributed by atoms with Crippen LogP contribution in [-0.2, 0) is 9.47 Å². The summed E-state index contributed by atoms with van der Waals surface area (Å²) >= 11 is 0. The Morgan fingerprint density at radius 3 is 2.74 bits per heavy atom. The average Bonchev–Trinajstić information content (AvgIpc) is 2.95. The number of hydrogen-bond donors (Lipinski definition) is 4. The molecule has 9 atom stereocenters. The van der Waals surface area contributed by atoms with Crippen molar-refractivity contribution < 1.29 is 24.8 Å². The molecule has 4 N–H and O–H groups in total. The summed E-state index contributed by atoms with van der Waals surface area (Å²) in [4.78, 5) is 13.1. The molecule has 2 aliphatic heterocycles. The van der Waals surface area contributed by atoms with Crippen LogP contribution in [0.4, 0.5) is 5.82 Å². The van der Waals surface area contributed by atoms with Crippen LogP contribution >= 0.6 is 0 Å². The number of ether oxygens (including phenoxy) is 2. The van der Waals surface area contributed by atoms with E-state index in [4.69, 9.17) is 9.47 Å². The van der Waals surface area contributed by atoms with Gasteiger partial charge in [0.2, 0.25) is 0 Å². The third-order valence-corrected chi connectivity index (χ3v) is 6.57. The van der Waals surface area contributed by atoms with Gasteiger partial charge in [-0.2, -0.15) is 0 Å². The number of nitrogens with one attached hydrogen (secondary N) is 1. The Balaban J connectivity index is 1.30. The predicted molar refractivity (Wildman–Crippen MR) is 90.6 cm³/mol. The van der Waals surface area contributed by atoms with Gasteiger partial charge in [0, 0.05) is 12.0 Å². The summed E-state index contributed by atoms with van der Waals surface area (Å²) in [5.74, 6) is 1.82. The van der Waals surface area contributed by atoms with E-state index in [1.165, 1.54) is 19.1 Å². The molecule has 2 aromatic heterocycles. The van der Waals surface area contributed by atoms with Crippen LogP contribution in [0.25, 0.3) is 11.2 Å². The van der Waals surface area contributed by atoms with Gasteiger partial charge in [0.15, 0.2) is 23.2 Å². The number of aliphatic hydroxyl groups is 3. The molecule has 2 saturated heterocycles. The summed E-state index contributed by atoms with van der Waals surface area (Å²) in [7, 11) is 0. The van der Waals surface area contributed by atoms with Crippen molar-refractivity contribution in [3.05, 3.63) is 12.7 Å². The molecule has 0 aromatic carbocycles. The van der Waals surface area contributed by atoms with E-state index in [-0.39, 0.29) is 6.61 Å². The summed E-state index contributed by atoms with van der Waals surface area (Å²) in [5.41, 5.74) is 1.09. The van der Waals surface area contributed by atoms with Crippen LogP contribution in [0, 0.1) is 11.8 Å². The van der Waals surface area contributed by atoms with Crippen molar-refractivity contribution >= 4 is 17.0 Å². The zero-order valence-electron chi connectivity index (χ0n) is 14.4. The first-order valence-electron chi connectivity index (χ1n) is 9.37. The van der Waals surface area contributed by atoms with E-state index in [2.05, 4.69) is 20.3 Å². The van der Waals surface area contributed by atoms with E-state index in [0.29, 0.717) is 47.1 Å². The summed E-state index contributed by atoms with van der Waals surface area (Å²) < 4.78 is 12.9. The number of anilines is 1. The van der Waals surface area contributed by atoms with Gasteiger partial charge < -0.3 is 30.1 Å². The van der Waals surface area contributed by atoms with E-state index in [0.717, 1.165) is 6.42 Å². The molecule has 144 valence electrons. The van der Waals surface area contributed by atoms with Crippen LogP contribution in [0.2, 0.25) is 0 Å². The number of nitrogens with zero attached hydrogens (tertiary/aromatic N) is 4. The second kappa shape index (κ2) is 5.58. The van der Waals surface area contributed by atoms with Gasteiger partial charge in [0.1, 0.15) is 24.6 Å². The topological polar surface area (TPSA) is 138 Å². The third kappa shape index (κ3) is 2.21. The zero-order chi connectivity index (χ0) is 18.3. The predicted octanol–water partition coefficient (Wildman–Crippen LogP) is -0.974. The molecule has 4 aliphatic rings. The molecular weight excluding hydrogens is 354 g/mol. The lowest BCUT2D eigenvalue weighted by molar-refractivity contribution is -0.0511. The number of aliphatic hydroxyl groups excluding tert-OH is 3. The molecule has 3 unspecified atom stereocenters. The molecule has 10 nitrogen and oxygen atoms in total. The molecule has 4 heterocycles. The smallest absolute Gasteiger partial charge is 0.167 e. The van der Waals surface area contributed by atoms with Crippen molar-refractivity contribution in [3.8, 4) is 0 Å². The second-order valence-corrected chi connectivity index (χ2v) is 7.99. The Morgan fingerprint density at radius 1 is 1.11 bits per heavy atom. The van der Waals surface area contributed by atoms with Gasteiger partial charge in [0.05, 0.1) is 25.1 Å². The molecule has 10 heteroatoms. The quantitative estimate of drug-likeness (QED) is 0.497. The maximum Gasteiger partial charge on any atom is 0.167 e. The van der Waals surface area contributed by atoms with Crippen LogP contribution in [0.5, 0.6) is 0 Å². The van der Waals surface area contributed by atoms with E-state index in [1.807, 2.05) is 0 Å². The average molecular weight is 375 g/mol. The number of hydrogen-bond acceptors (Lipinski definition) is 9. The van der Waals surface area contributed by atoms with E-state index in [9.17, 15) is 15.3 Å². The normalized spacial score (nSPS) is 44.8. The van der Waals surface area contributed by atoms with Gasteiger partial charge in [-0.25, -0.2) is 15.0 Å². The van der Waals surface area contributed by atoms with Gasteiger partial charge in [-0.05, 0) is 18.8 Å². The summed E-state index contributed by atoms with van der Waals surface area (Å²) in [6.45, 7) is -0.377. The first kappa shape index (κ1) is 16.1. The Morgan fingerprint density at radius 2 is 2.00 bits per heavy atom. The van der Waals surface area contributed by atoms with Crippen molar-refractivity contribution in [1.82, 2.24) is 19.5 Å². The molecule has 0 radical (unpaired) electrons. The summed E-state index contributed by atoms with van der Waals surface area (Å²) in [5, 5.41) is 33.1. The highest BCUT2D eigenvalue weighted by molar-refractivity contribution is 5.83. The lowest BCUT2D eigenvalue weighted by Crippen LogP contribution is -2.33.